The number of carbonyl (C=O) groups is 2. The number of piperidine rings is 1. The lowest BCUT2D eigenvalue weighted by atomic mass is 10.1. The first-order valence-corrected chi connectivity index (χ1v) is 12.1. The van der Waals surface area contributed by atoms with Crippen LogP contribution in [0.3, 0.4) is 0 Å². The first-order chi connectivity index (χ1) is 15.2. The zero-order valence-corrected chi connectivity index (χ0v) is 19.3. The highest BCUT2D eigenvalue weighted by Gasteiger charge is 2.30. The SMILES string of the molecule is O=C(Nc1ccc(C[C@H](NS(=O)(=O)N2CCCCC2)C(=O)O)cc1)c1c(Cl)cncc1Cl. The van der Waals surface area contributed by atoms with Gasteiger partial charge in [0.15, 0.2) is 0 Å². The van der Waals surface area contributed by atoms with Gasteiger partial charge < -0.3 is 10.4 Å². The van der Waals surface area contributed by atoms with Gasteiger partial charge in [0.05, 0.1) is 15.6 Å². The van der Waals surface area contributed by atoms with Crippen LogP contribution < -0.4 is 10.0 Å². The molecule has 3 rings (SSSR count). The van der Waals surface area contributed by atoms with E-state index in [4.69, 9.17) is 23.2 Å². The van der Waals surface area contributed by atoms with Crippen molar-refractivity contribution in [1.29, 1.82) is 0 Å². The number of amides is 1. The van der Waals surface area contributed by atoms with Crippen molar-refractivity contribution in [3.8, 4) is 0 Å². The normalized spacial score (nSPS) is 15.8. The Morgan fingerprint density at radius 1 is 1.06 bits per heavy atom. The van der Waals surface area contributed by atoms with E-state index in [9.17, 15) is 23.1 Å². The van der Waals surface area contributed by atoms with Crippen molar-refractivity contribution in [3.05, 3.63) is 57.8 Å². The second-order valence-electron chi connectivity index (χ2n) is 7.31. The van der Waals surface area contributed by atoms with Crippen LogP contribution in [0.25, 0.3) is 0 Å². The Bertz CT molecular complexity index is 1070. The molecule has 1 atom stereocenters. The smallest absolute Gasteiger partial charge is 0.322 e. The Labute approximate surface area is 195 Å². The maximum Gasteiger partial charge on any atom is 0.322 e. The minimum absolute atomic E-state index is 0.0569. The van der Waals surface area contributed by atoms with Gasteiger partial charge in [0.2, 0.25) is 0 Å². The number of hydrogen-bond acceptors (Lipinski definition) is 5. The molecule has 1 aromatic carbocycles. The van der Waals surface area contributed by atoms with E-state index in [2.05, 4.69) is 15.0 Å². The second-order valence-corrected chi connectivity index (χ2v) is 9.82. The molecule has 32 heavy (non-hydrogen) atoms. The van der Waals surface area contributed by atoms with Crippen molar-refractivity contribution >= 4 is 51.0 Å². The molecule has 2 aromatic rings. The molecule has 1 amide bonds. The number of nitrogens with one attached hydrogen (secondary N) is 2. The maximum absolute atomic E-state index is 12.5. The van der Waals surface area contributed by atoms with Gasteiger partial charge >= 0.3 is 5.97 Å². The maximum atomic E-state index is 12.5. The molecule has 1 saturated heterocycles. The summed E-state index contributed by atoms with van der Waals surface area (Å²) in [5, 5.41) is 12.4. The van der Waals surface area contributed by atoms with E-state index < -0.39 is 28.1 Å². The summed E-state index contributed by atoms with van der Waals surface area (Å²) in [7, 11) is -3.90. The lowest BCUT2D eigenvalue weighted by Crippen LogP contribution is -2.50. The summed E-state index contributed by atoms with van der Waals surface area (Å²) in [4.78, 5) is 27.9. The van der Waals surface area contributed by atoms with E-state index >= 15 is 0 Å². The van der Waals surface area contributed by atoms with Crippen LogP contribution >= 0.6 is 23.2 Å². The van der Waals surface area contributed by atoms with Crippen LogP contribution in [0.15, 0.2) is 36.7 Å². The number of nitrogens with zero attached hydrogens (tertiary/aromatic N) is 2. The molecule has 172 valence electrons. The highest BCUT2D eigenvalue weighted by Crippen LogP contribution is 2.24. The van der Waals surface area contributed by atoms with Gasteiger partial charge in [-0.15, -0.1) is 0 Å². The Morgan fingerprint density at radius 3 is 2.22 bits per heavy atom. The first-order valence-electron chi connectivity index (χ1n) is 9.87. The summed E-state index contributed by atoms with van der Waals surface area (Å²) in [6.07, 6.45) is 5.02. The predicted octanol–water partition coefficient (Wildman–Crippen LogP) is 2.96. The Kier molecular flexibility index (Phi) is 8.07. The van der Waals surface area contributed by atoms with Crippen molar-refractivity contribution < 1.29 is 23.1 Å². The molecule has 1 aromatic heterocycles. The van der Waals surface area contributed by atoms with Gasteiger partial charge in [0, 0.05) is 31.2 Å². The van der Waals surface area contributed by atoms with Crippen LogP contribution in [0, 0.1) is 0 Å². The lowest BCUT2D eigenvalue weighted by molar-refractivity contribution is -0.138. The Hall–Kier alpha value is -2.24. The Morgan fingerprint density at radius 2 is 1.66 bits per heavy atom. The zero-order valence-electron chi connectivity index (χ0n) is 16.9. The molecule has 0 unspecified atom stereocenters. The highest BCUT2D eigenvalue weighted by molar-refractivity contribution is 7.87. The molecule has 3 N–H and O–H groups in total. The van der Waals surface area contributed by atoms with Gasteiger partial charge in [-0.05, 0) is 37.0 Å². The molecule has 2 heterocycles. The van der Waals surface area contributed by atoms with Crippen LogP contribution in [-0.4, -0.2) is 53.8 Å². The minimum Gasteiger partial charge on any atom is -0.480 e. The molecule has 0 bridgehead atoms. The summed E-state index contributed by atoms with van der Waals surface area (Å²) < 4.78 is 28.6. The average Bonchev–Trinajstić information content (AvgIpc) is 2.75. The summed E-state index contributed by atoms with van der Waals surface area (Å²) in [6.45, 7) is 0.753. The van der Waals surface area contributed by atoms with Gasteiger partial charge in [-0.3, -0.25) is 14.6 Å². The fraction of sp³-hybridized carbons (Fsp3) is 0.350. The molecule has 0 aliphatic carbocycles. The molecule has 1 fully saturated rings. The monoisotopic (exact) mass is 500 g/mol. The number of aliphatic carboxylic acids is 1. The van der Waals surface area contributed by atoms with Crippen molar-refractivity contribution in [1.82, 2.24) is 14.0 Å². The molecule has 0 spiro atoms. The molecule has 12 heteroatoms. The summed E-state index contributed by atoms with van der Waals surface area (Å²) in [5.41, 5.74) is 1.10. The van der Waals surface area contributed by atoms with E-state index in [0.29, 0.717) is 24.3 Å². The molecule has 0 radical (unpaired) electrons. The fourth-order valence-corrected chi connectivity index (χ4v) is 5.29. The van der Waals surface area contributed by atoms with Crippen LogP contribution in [0.2, 0.25) is 10.0 Å². The van der Waals surface area contributed by atoms with E-state index in [0.717, 1.165) is 19.3 Å². The van der Waals surface area contributed by atoms with Crippen LogP contribution in [0.4, 0.5) is 5.69 Å². The number of benzene rings is 1. The van der Waals surface area contributed by atoms with Gasteiger partial charge in [0.1, 0.15) is 6.04 Å². The van der Waals surface area contributed by atoms with Gasteiger partial charge in [0.25, 0.3) is 16.1 Å². The van der Waals surface area contributed by atoms with Gasteiger partial charge in [-0.2, -0.15) is 17.4 Å². The molecule has 9 nitrogen and oxygen atoms in total. The second kappa shape index (κ2) is 10.6. The van der Waals surface area contributed by atoms with Gasteiger partial charge in [-0.25, -0.2) is 0 Å². The third-order valence-electron chi connectivity index (χ3n) is 4.98. The number of halogens is 2. The summed E-state index contributed by atoms with van der Waals surface area (Å²) in [6, 6.07) is 5.05. The van der Waals surface area contributed by atoms with E-state index in [1.165, 1.54) is 16.7 Å². The number of pyridine rings is 1. The number of carbonyl (C=O) groups excluding carboxylic acids is 1. The standard InChI is InChI=1S/C20H22Cl2N4O5S/c21-15-11-23-12-16(22)18(15)19(27)24-14-6-4-13(5-7-14)10-17(20(28)29)25-32(30,31)26-8-2-1-3-9-26/h4-7,11-12,17,25H,1-3,8-10H2,(H,24,27)(H,28,29)/t17-/m0/s1. The first kappa shape index (κ1) is 24.4. The topological polar surface area (TPSA) is 129 Å². The van der Waals surface area contributed by atoms with Crippen molar-refractivity contribution in [2.75, 3.05) is 18.4 Å². The van der Waals surface area contributed by atoms with E-state index in [1.54, 1.807) is 24.3 Å². The number of anilines is 1. The van der Waals surface area contributed by atoms with E-state index in [1.807, 2.05) is 0 Å². The highest BCUT2D eigenvalue weighted by atomic mass is 35.5. The third-order valence-corrected chi connectivity index (χ3v) is 7.18. The number of rotatable bonds is 8. The fourth-order valence-electron chi connectivity index (χ4n) is 3.32. The predicted molar refractivity (Wildman–Crippen MR) is 121 cm³/mol. The van der Waals surface area contributed by atoms with Gasteiger partial charge in [-0.1, -0.05) is 41.8 Å². The van der Waals surface area contributed by atoms with Crippen LogP contribution in [0.1, 0.15) is 35.2 Å². The van der Waals surface area contributed by atoms with Crippen LogP contribution in [-0.2, 0) is 21.4 Å². The molecule has 0 saturated carbocycles. The van der Waals surface area contributed by atoms with E-state index in [-0.39, 0.29) is 22.0 Å². The molecule has 1 aliphatic heterocycles. The zero-order chi connectivity index (χ0) is 23.3. The lowest BCUT2D eigenvalue weighted by Gasteiger charge is -2.27. The summed E-state index contributed by atoms with van der Waals surface area (Å²) in [5.74, 6) is -1.79. The quantitative estimate of drug-likeness (QED) is 0.510. The Balaban J connectivity index is 1.66. The number of carboxylic acids is 1. The summed E-state index contributed by atoms with van der Waals surface area (Å²) >= 11 is 12.0. The molecular weight excluding hydrogens is 479 g/mol. The third kappa shape index (κ3) is 6.17. The van der Waals surface area contributed by atoms with Crippen molar-refractivity contribution in [2.45, 2.75) is 31.7 Å². The number of hydrogen-bond donors (Lipinski definition) is 3. The van der Waals surface area contributed by atoms with Crippen LogP contribution in [0.5, 0.6) is 0 Å². The molecule has 1 aliphatic rings. The average molecular weight is 501 g/mol. The van der Waals surface area contributed by atoms with Crippen molar-refractivity contribution in [3.63, 3.8) is 0 Å². The number of carboxylic acid groups (broad SMARTS) is 1. The minimum atomic E-state index is -3.90. The largest absolute Gasteiger partial charge is 0.480 e. The number of aromatic nitrogens is 1. The molecular formula is C20H22Cl2N4O5S. The van der Waals surface area contributed by atoms with Crippen molar-refractivity contribution in [2.24, 2.45) is 0 Å².